The normalized spacial score (nSPS) is 11.3. The quantitative estimate of drug-likeness (QED) is 0.765. The molecule has 18 heavy (non-hydrogen) atoms. The van der Waals surface area contributed by atoms with Crippen LogP contribution >= 0.6 is 0 Å². The van der Waals surface area contributed by atoms with E-state index in [0.717, 1.165) is 17.6 Å². The fourth-order valence-corrected chi connectivity index (χ4v) is 1.93. The first-order valence-corrected chi connectivity index (χ1v) is 6.11. The lowest BCUT2D eigenvalue weighted by Gasteiger charge is -2.03. The van der Waals surface area contributed by atoms with Crippen molar-refractivity contribution >= 4 is 11.8 Å². The van der Waals surface area contributed by atoms with Gasteiger partial charge in [-0.1, -0.05) is 66.2 Å². The van der Waals surface area contributed by atoms with Gasteiger partial charge in [-0.15, -0.1) is 0 Å². The van der Waals surface area contributed by atoms with Gasteiger partial charge in [0.05, 0.1) is 0 Å². The van der Waals surface area contributed by atoms with Gasteiger partial charge in [0, 0.05) is 6.21 Å². The highest BCUT2D eigenvalue weighted by molar-refractivity contribution is 6.08. The first kappa shape index (κ1) is 12.3. The monoisotopic (exact) mass is 235 g/mol. The lowest BCUT2D eigenvalue weighted by molar-refractivity contribution is 1.27. The highest BCUT2D eigenvalue weighted by Crippen LogP contribution is 2.15. The molecule has 1 nitrogen and oxygen atoms in total. The van der Waals surface area contributed by atoms with Crippen molar-refractivity contribution in [2.45, 2.75) is 13.3 Å². The molecular weight excluding hydrogens is 218 g/mol. The Bertz CT molecular complexity index is 553. The standard InChI is InChI=1S/C17H17N/c1-14-6-5-9-16(12-14)17(13-18)11-10-15-7-3-2-4-8-15/h2-9,11-13,18H,10H2,1H3/b17-11+,18-13?. The first-order chi connectivity index (χ1) is 8.79. The summed E-state index contributed by atoms with van der Waals surface area (Å²) in [4.78, 5) is 0. The second-order valence-electron chi connectivity index (χ2n) is 4.36. The predicted molar refractivity (Wildman–Crippen MR) is 78.1 cm³/mol. The number of allylic oxidation sites excluding steroid dienone is 2. The number of hydrogen-bond donors (Lipinski definition) is 1. The van der Waals surface area contributed by atoms with E-state index in [9.17, 15) is 0 Å². The van der Waals surface area contributed by atoms with Gasteiger partial charge < -0.3 is 5.41 Å². The zero-order valence-electron chi connectivity index (χ0n) is 10.6. The molecule has 0 radical (unpaired) electrons. The highest BCUT2D eigenvalue weighted by Gasteiger charge is 1.98. The summed E-state index contributed by atoms with van der Waals surface area (Å²) in [5.74, 6) is 0. The maximum Gasteiger partial charge on any atom is 0.0253 e. The third kappa shape index (κ3) is 3.17. The molecular formula is C17H17N. The Morgan fingerprint density at radius 3 is 2.50 bits per heavy atom. The Labute approximate surface area is 108 Å². The van der Waals surface area contributed by atoms with Crippen molar-refractivity contribution in [1.82, 2.24) is 0 Å². The molecule has 2 aromatic rings. The molecule has 0 aliphatic carbocycles. The first-order valence-electron chi connectivity index (χ1n) is 6.11. The van der Waals surface area contributed by atoms with Gasteiger partial charge in [-0.05, 0) is 30.0 Å². The van der Waals surface area contributed by atoms with Gasteiger partial charge >= 0.3 is 0 Å². The summed E-state index contributed by atoms with van der Waals surface area (Å²) in [6, 6.07) is 18.6. The third-order valence-corrected chi connectivity index (χ3v) is 2.91. The van der Waals surface area contributed by atoms with Crippen LogP contribution in [-0.4, -0.2) is 6.21 Å². The molecule has 0 unspecified atom stereocenters. The van der Waals surface area contributed by atoms with Crippen molar-refractivity contribution in [2.75, 3.05) is 0 Å². The van der Waals surface area contributed by atoms with Crippen LogP contribution in [0.1, 0.15) is 16.7 Å². The van der Waals surface area contributed by atoms with Crippen molar-refractivity contribution in [3.05, 3.63) is 77.4 Å². The van der Waals surface area contributed by atoms with E-state index in [0.29, 0.717) is 0 Å². The molecule has 0 atom stereocenters. The number of aryl methyl sites for hydroxylation is 1. The molecule has 0 amide bonds. The Kier molecular flexibility index (Phi) is 4.08. The fourth-order valence-electron chi connectivity index (χ4n) is 1.93. The predicted octanol–water partition coefficient (Wildman–Crippen LogP) is 4.27. The molecule has 2 aromatic carbocycles. The molecule has 2 rings (SSSR count). The second kappa shape index (κ2) is 5.97. The van der Waals surface area contributed by atoms with Crippen molar-refractivity contribution in [3.8, 4) is 0 Å². The van der Waals surface area contributed by atoms with Crippen LogP contribution in [0.3, 0.4) is 0 Å². The summed E-state index contributed by atoms with van der Waals surface area (Å²) < 4.78 is 0. The second-order valence-corrected chi connectivity index (χ2v) is 4.36. The van der Waals surface area contributed by atoms with Crippen LogP contribution in [0.5, 0.6) is 0 Å². The zero-order valence-corrected chi connectivity index (χ0v) is 10.6. The van der Waals surface area contributed by atoms with Gasteiger partial charge in [0.25, 0.3) is 0 Å². The smallest absolute Gasteiger partial charge is 0.0253 e. The molecule has 0 heterocycles. The van der Waals surface area contributed by atoms with Crippen LogP contribution in [-0.2, 0) is 6.42 Å². The maximum atomic E-state index is 7.54. The molecule has 0 spiro atoms. The van der Waals surface area contributed by atoms with Crippen LogP contribution in [0, 0.1) is 12.3 Å². The van der Waals surface area contributed by atoms with Gasteiger partial charge in [-0.25, -0.2) is 0 Å². The summed E-state index contributed by atoms with van der Waals surface area (Å²) in [6.45, 7) is 2.07. The van der Waals surface area contributed by atoms with Gasteiger partial charge in [-0.2, -0.15) is 0 Å². The lowest BCUT2D eigenvalue weighted by atomic mass is 10.0. The fraction of sp³-hybridized carbons (Fsp3) is 0.118. The Morgan fingerprint density at radius 1 is 1.06 bits per heavy atom. The average molecular weight is 235 g/mol. The van der Waals surface area contributed by atoms with Crippen molar-refractivity contribution < 1.29 is 0 Å². The molecule has 0 bridgehead atoms. The minimum atomic E-state index is 0.861. The van der Waals surface area contributed by atoms with Gasteiger partial charge in [0.2, 0.25) is 0 Å². The van der Waals surface area contributed by atoms with Gasteiger partial charge in [0.1, 0.15) is 0 Å². The molecule has 1 N–H and O–H groups in total. The Morgan fingerprint density at radius 2 is 1.83 bits per heavy atom. The average Bonchev–Trinajstić information content (AvgIpc) is 2.41. The lowest BCUT2D eigenvalue weighted by Crippen LogP contribution is -1.88. The van der Waals surface area contributed by atoms with Crippen LogP contribution in [0.4, 0.5) is 0 Å². The highest BCUT2D eigenvalue weighted by atomic mass is 14.3. The molecule has 0 aromatic heterocycles. The number of nitrogens with one attached hydrogen (secondary N) is 1. The summed E-state index contributed by atoms with van der Waals surface area (Å²) in [7, 11) is 0. The molecule has 0 aliphatic heterocycles. The van der Waals surface area contributed by atoms with Crippen molar-refractivity contribution in [2.24, 2.45) is 0 Å². The van der Waals surface area contributed by atoms with E-state index < -0.39 is 0 Å². The summed E-state index contributed by atoms with van der Waals surface area (Å²) in [5, 5.41) is 7.54. The molecule has 0 aliphatic rings. The van der Waals surface area contributed by atoms with Gasteiger partial charge in [-0.3, -0.25) is 0 Å². The maximum absolute atomic E-state index is 7.54. The molecule has 1 heteroatoms. The van der Waals surface area contributed by atoms with Gasteiger partial charge in [0.15, 0.2) is 0 Å². The SMILES string of the molecule is Cc1cccc(/C(C=N)=C/Cc2ccccc2)c1. The Balaban J connectivity index is 2.21. The summed E-state index contributed by atoms with van der Waals surface area (Å²) >= 11 is 0. The van der Waals surface area contributed by atoms with E-state index in [1.165, 1.54) is 17.3 Å². The van der Waals surface area contributed by atoms with E-state index in [4.69, 9.17) is 5.41 Å². The minimum absolute atomic E-state index is 0.861. The number of benzene rings is 2. The minimum Gasteiger partial charge on any atom is -0.308 e. The molecule has 0 saturated carbocycles. The van der Waals surface area contributed by atoms with Crippen LogP contribution in [0.15, 0.2) is 60.7 Å². The summed E-state index contributed by atoms with van der Waals surface area (Å²) in [6.07, 6.45) is 4.40. The van der Waals surface area contributed by atoms with E-state index >= 15 is 0 Å². The molecule has 0 saturated heterocycles. The van der Waals surface area contributed by atoms with Crippen LogP contribution in [0.25, 0.3) is 5.57 Å². The van der Waals surface area contributed by atoms with E-state index in [1.807, 2.05) is 24.3 Å². The topological polar surface area (TPSA) is 23.9 Å². The largest absolute Gasteiger partial charge is 0.308 e. The van der Waals surface area contributed by atoms with Crippen molar-refractivity contribution in [3.63, 3.8) is 0 Å². The van der Waals surface area contributed by atoms with Crippen molar-refractivity contribution in [1.29, 1.82) is 5.41 Å². The van der Waals surface area contributed by atoms with E-state index in [1.54, 1.807) is 0 Å². The zero-order chi connectivity index (χ0) is 12.8. The Hall–Kier alpha value is -2.15. The third-order valence-electron chi connectivity index (χ3n) is 2.91. The molecule has 0 fully saturated rings. The van der Waals surface area contributed by atoms with Crippen LogP contribution in [0.2, 0.25) is 0 Å². The van der Waals surface area contributed by atoms with E-state index in [2.05, 4.69) is 43.3 Å². The van der Waals surface area contributed by atoms with Crippen LogP contribution < -0.4 is 0 Å². The van der Waals surface area contributed by atoms with E-state index in [-0.39, 0.29) is 0 Å². The number of hydrogen-bond acceptors (Lipinski definition) is 1. The number of rotatable bonds is 4. The molecule has 90 valence electrons. The summed E-state index contributed by atoms with van der Waals surface area (Å²) in [5.41, 5.74) is 4.58.